The molecule has 0 bridgehead atoms. The molecule has 0 spiro atoms. The highest BCUT2D eigenvalue weighted by Gasteiger charge is 2.20. The Bertz CT molecular complexity index is 332. The highest BCUT2D eigenvalue weighted by molar-refractivity contribution is 9.10. The van der Waals surface area contributed by atoms with Gasteiger partial charge in [0.2, 0.25) is 0 Å². The topological polar surface area (TPSA) is 21.3 Å². The number of halogens is 2. The van der Waals surface area contributed by atoms with Gasteiger partial charge in [-0.2, -0.15) is 0 Å². The van der Waals surface area contributed by atoms with Gasteiger partial charge in [0.15, 0.2) is 0 Å². The van der Waals surface area contributed by atoms with E-state index in [4.69, 9.17) is 4.74 Å². The molecule has 4 heteroatoms. The molecule has 0 heterocycles. The summed E-state index contributed by atoms with van der Waals surface area (Å²) in [5, 5.41) is 3.05. The van der Waals surface area contributed by atoms with E-state index in [1.807, 2.05) is 6.92 Å². The molecule has 2 nitrogen and oxygen atoms in total. The number of hydrogen-bond acceptors (Lipinski definition) is 2. The fourth-order valence-electron chi connectivity index (χ4n) is 1.53. The molecule has 2 unspecified atom stereocenters. The average molecular weight is 276 g/mol. The highest BCUT2D eigenvalue weighted by Crippen LogP contribution is 2.24. The Morgan fingerprint density at radius 1 is 1.47 bits per heavy atom. The first kappa shape index (κ1) is 12.6. The van der Waals surface area contributed by atoms with Gasteiger partial charge in [-0.1, -0.05) is 15.9 Å². The molecule has 0 aliphatic rings. The van der Waals surface area contributed by atoms with Gasteiger partial charge < -0.3 is 10.1 Å². The zero-order valence-corrected chi connectivity index (χ0v) is 10.6. The van der Waals surface area contributed by atoms with Gasteiger partial charge in [0, 0.05) is 17.1 Å². The lowest BCUT2D eigenvalue weighted by Crippen LogP contribution is -2.29. The van der Waals surface area contributed by atoms with Crippen molar-refractivity contribution >= 4 is 15.9 Å². The van der Waals surface area contributed by atoms with Gasteiger partial charge in [0.05, 0.1) is 12.1 Å². The van der Waals surface area contributed by atoms with Gasteiger partial charge >= 0.3 is 0 Å². The number of methoxy groups -OCH3 is 1. The number of benzene rings is 1. The highest BCUT2D eigenvalue weighted by atomic mass is 79.9. The van der Waals surface area contributed by atoms with E-state index in [1.54, 1.807) is 26.3 Å². The molecule has 1 N–H and O–H groups in total. The van der Waals surface area contributed by atoms with Crippen LogP contribution >= 0.6 is 15.9 Å². The van der Waals surface area contributed by atoms with E-state index >= 15 is 0 Å². The molecule has 2 atom stereocenters. The summed E-state index contributed by atoms with van der Waals surface area (Å²) in [5.41, 5.74) is 0.612. The third-order valence-corrected chi connectivity index (χ3v) is 2.94. The number of rotatable bonds is 4. The SMILES string of the molecule is CNC(c1cc(Br)ccc1F)C(C)OC. The molecular formula is C11H15BrFNO. The molecule has 1 aromatic rings. The smallest absolute Gasteiger partial charge is 0.128 e. The maximum absolute atomic E-state index is 13.6. The van der Waals surface area contributed by atoms with Crippen LogP contribution in [0.4, 0.5) is 4.39 Å². The standard InChI is InChI=1S/C11H15BrFNO/c1-7(15-3)11(14-2)9-6-8(12)4-5-10(9)13/h4-7,11,14H,1-3H3. The fourth-order valence-corrected chi connectivity index (χ4v) is 1.91. The second kappa shape index (κ2) is 5.58. The Balaban J connectivity index is 3.05. The molecule has 84 valence electrons. The van der Waals surface area contributed by atoms with Gasteiger partial charge in [0.1, 0.15) is 5.82 Å². The van der Waals surface area contributed by atoms with E-state index in [0.717, 1.165) is 4.47 Å². The number of nitrogens with one attached hydrogen (secondary N) is 1. The van der Waals surface area contributed by atoms with Crippen LogP contribution in [0.25, 0.3) is 0 Å². The Labute approximate surface area is 98.0 Å². The summed E-state index contributed by atoms with van der Waals surface area (Å²) in [6, 6.07) is 4.76. The first-order chi connectivity index (χ1) is 7.10. The zero-order valence-electron chi connectivity index (χ0n) is 9.05. The van der Waals surface area contributed by atoms with Crippen molar-refractivity contribution in [3.05, 3.63) is 34.1 Å². The van der Waals surface area contributed by atoms with Gasteiger partial charge in [-0.15, -0.1) is 0 Å². The van der Waals surface area contributed by atoms with Crippen LogP contribution in [0.2, 0.25) is 0 Å². The van der Waals surface area contributed by atoms with Crippen LogP contribution in [0.3, 0.4) is 0 Å². The third-order valence-electron chi connectivity index (χ3n) is 2.45. The van der Waals surface area contributed by atoms with Crippen LogP contribution in [0, 0.1) is 5.82 Å². The summed E-state index contributed by atoms with van der Waals surface area (Å²) in [6.07, 6.45) is -0.0844. The molecule has 15 heavy (non-hydrogen) atoms. The van der Waals surface area contributed by atoms with Gasteiger partial charge in [-0.3, -0.25) is 0 Å². The Kier molecular flexibility index (Phi) is 4.70. The summed E-state index contributed by atoms with van der Waals surface area (Å²) in [7, 11) is 3.41. The number of ether oxygens (including phenoxy) is 1. The number of hydrogen-bond donors (Lipinski definition) is 1. The van der Waals surface area contributed by atoms with Crippen molar-refractivity contribution in [1.29, 1.82) is 0 Å². The predicted octanol–water partition coefficient (Wildman–Crippen LogP) is 2.88. The second-order valence-electron chi connectivity index (χ2n) is 3.37. The van der Waals surface area contributed by atoms with Crippen molar-refractivity contribution in [1.82, 2.24) is 5.32 Å². The van der Waals surface area contributed by atoms with Crippen LogP contribution < -0.4 is 5.32 Å². The Morgan fingerprint density at radius 3 is 2.67 bits per heavy atom. The van der Waals surface area contributed by atoms with E-state index in [2.05, 4.69) is 21.2 Å². The summed E-state index contributed by atoms with van der Waals surface area (Å²) in [4.78, 5) is 0. The fraction of sp³-hybridized carbons (Fsp3) is 0.455. The molecule has 0 fully saturated rings. The van der Waals surface area contributed by atoms with Crippen molar-refractivity contribution in [2.45, 2.75) is 19.1 Å². The largest absolute Gasteiger partial charge is 0.380 e. The predicted molar refractivity (Wildman–Crippen MR) is 62.4 cm³/mol. The molecule has 1 rings (SSSR count). The van der Waals surface area contributed by atoms with Crippen molar-refractivity contribution in [3.8, 4) is 0 Å². The lowest BCUT2D eigenvalue weighted by molar-refractivity contribution is 0.0844. The van der Waals surface area contributed by atoms with Crippen molar-refractivity contribution < 1.29 is 9.13 Å². The van der Waals surface area contributed by atoms with Crippen LogP contribution in [0.5, 0.6) is 0 Å². The molecular weight excluding hydrogens is 261 g/mol. The first-order valence-electron chi connectivity index (χ1n) is 4.75. The molecule has 0 saturated carbocycles. The normalized spacial score (nSPS) is 15.0. The minimum absolute atomic E-state index is 0.0844. The lowest BCUT2D eigenvalue weighted by atomic mass is 10.0. The minimum atomic E-state index is -0.221. The van der Waals surface area contributed by atoms with Crippen LogP contribution in [0.15, 0.2) is 22.7 Å². The first-order valence-corrected chi connectivity index (χ1v) is 5.54. The Hall–Kier alpha value is -0.450. The summed E-state index contributed by atoms with van der Waals surface area (Å²) < 4.78 is 19.7. The molecule has 0 radical (unpaired) electrons. The Morgan fingerprint density at radius 2 is 2.13 bits per heavy atom. The summed E-state index contributed by atoms with van der Waals surface area (Å²) in [5.74, 6) is -0.221. The molecule has 0 aliphatic carbocycles. The van der Waals surface area contributed by atoms with E-state index < -0.39 is 0 Å². The van der Waals surface area contributed by atoms with Crippen molar-refractivity contribution in [3.63, 3.8) is 0 Å². The van der Waals surface area contributed by atoms with E-state index in [0.29, 0.717) is 5.56 Å². The molecule has 0 amide bonds. The zero-order chi connectivity index (χ0) is 11.4. The van der Waals surface area contributed by atoms with Crippen LogP contribution in [-0.4, -0.2) is 20.3 Å². The monoisotopic (exact) mass is 275 g/mol. The quantitative estimate of drug-likeness (QED) is 0.913. The third kappa shape index (κ3) is 3.00. The molecule has 0 aliphatic heterocycles. The van der Waals surface area contributed by atoms with Crippen LogP contribution in [-0.2, 0) is 4.74 Å². The number of likely N-dealkylation sites (N-methyl/N-ethyl adjacent to an activating group) is 1. The summed E-state index contributed by atoms with van der Waals surface area (Å²) in [6.45, 7) is 1.90. The van der Waals surface area contributed by atoms with E-state index in [9.17, 15) is 4.39 Å². The van der Waals surface area contributed by atoms with Crippen molar-refractivity contribution in [2.75, 3.05) is 14.2 Å². The van der Waals surface area contributed by atoms with Gasteiger partial charge in [-0.05, 0) is 32.2 Å². The maximum atomic E-state index is 13.6. The van der Waals surface area contributed by atoms with Gasteiger partial charge in [0.25, 0.3) is 0 Å². The van der Waals surface area contributed by atoms with Gasteiger partial charge in [-0.25, -0.2) is 4.39 Å². The minimum Gasteiger partial charge on any atom is -0.380 e. The molecule has 0 aromatic heterocycles. The van der Waals surface area contributed by atoms with E-state index in [1.165, 1.54) is 6.07 Å². The van der Waals surface area contributed by atoms with Crippen LogP contribution in [0.1, 0.15) is 18.5 Å². The average Bonchev–Trinajstić information content (AvgIpc) is 2.23. The van der Waals surface area contributed by atoms with Crippen molar-refractivity contribution in [2.24, 2.45) is 0 Å². The molecule has 0 saturated heterocycles. The molecule has 1 aromatic carbocycles. The second-order valence-corrected chi connectivity index (χ2v) is 4.29. The maximum Gasteiger partial charge on any atom is 0.128 e. The lowest BCUT2D eigenvalue weighted by Gasteiger charge is -2.23. The van der Waals surface area contributed by atoms with E-state index in [-0.39, 0.29) is 18.0 Å². The summed E-state index contributed by atoms with van der Waals surface area (Å²) >= 11 is 3.33.